The SMILES string of the molecule is Cc1ccc(-n2nnc(CC(=O)N3CCNCC3c3cccc(F)c3)c2C)cc1.Cl. The normalized spacial score (nSPS) is 16.2. The molecule has 1 aliphatic heterocycles. The Kier molecular flexibility index (Phi) is 6.84. The van der Waals surface area contributed by atoms with Crippen LogP contribution in [0.25, 0.3) is 5.69 Å². The highest BCUT2D eigenvalue weighted by Crippen LogP contribution is 2.24. The zero-order valence-corrected chi connectivity index (χ0v) is 17.8. The maximum Gasteiger partial charge on any atom is 0.229 e. The highest BCUT2D eigenvalue weighted by Gasteiger charge is 2.29. The van der Waals surface area contributed by atoms with Crippen LogP contribution in [0.3, 0.4) is 0 Å². The number of carbonyl (C=O) groups is 1. The van der Waals surface area contributed by atoms with E-state index in [0.717, 1.165) is 16.9 Å². The van der Waals surface area contributed by atoms with Crippen molar-refractivity contribution in [1.82, 2.24) is 25.2 Å². The molecule has 0 spiro atoms. The van der Waals surface area contributed by atoms with Crippen molar-refractivity contribution in [3.05, 3.63) is 76.9 Å². The van der Waals surface area contributed by atoms with E-state index in [1.807, 2.05) is 49.1 Å². The summed E-state index contributed by atoms with van der Waals surface area (Å²) in [5.41, 5.74) is 4.39. The molecule has 1 aliphatic rings. The Morgan fingerprint density at radius 2 is 1.97 bits per heavy atom. The first-order valence-corrected chi connectivity index (χ1v) is 9.77. The first kappa shape index (κ1) is 21.9. The molecule has 6 nitrogen and oxygen atoms in total. The van der Waals surface area contributed by atoms with Crippen LogP contribution in [0, 0.1) is 19.7 Å². The number of piperazine rings is 1. The van der Waals surface area contributed by atoms with Crippen LogP contribution < -0.4 is 5.32 Å². The number of halogens is 2. The summed E-state index contributed by atoms with van der Waals surface area (Å²) in [7, 11) is 0. The summed E-state index contributed by atoms with van der Waals surface area (Å²) < 4.78 is 15.4. The Labute approximate surface area is 181 Å². The Morgan fingerprint density at radius 1 is 1.20 bits per heavy atom. The second-order valence-corrected chi connectivity index (χ2v) is 7.41. The molecule has 0 radical (unpaired) electrons. The molecule has 158 valence electrons. The quantitative estimate of drug-likeness (QED) is 0.692. The van der Waals surface area contributed by atoms with E-state index in [2.05, 4.69) is 15.6 Å². The fourth-order valence-corrected chi connectivity index (χ4v) is 3.71. The molecule has 1 unspecified atom stereocenters. The lowest BCUT2D eigenvalue weighted by molar-refractivity contribution is -0.133. The van der Waals surface area contributed by atoms with Crippen molar-refractivity contribution < 1.29 is 9.18 Å². The van der Waals surface area contributed by atoms with Crippen molar-refractivity contribution in [2.24, 2.45) is 0 Å². The van der Waals surface area contributed by atoms with E-state index in [4.69, 9.17) is 0 Å². The summed E-state index contributed by atoms with van der Waals surface area (Å²) in [5, 5.41) is 11.8. The van der Waals surface area contributed by atoms with Crippen molar-refractivity contribution in [1.29, 1.82) is 0 Å². The van der Waals surface area contributed by atoms with Gasteiger partial charge < -0.3 is 10.2 Å². The number of rotatable bonds is 4. The van der Waals surface area contributed by atoms with Gasteiger partial charge in [0.05, 0.1) is 29.5 Å². The molecule has 30 heavy (non-hydrogen) atoms. The van der Waals surface area contributed by atoms with Crippen LogP contribution >= 0.6 is 12.4 Å². The molecule has 4 rings (SSSR count). The van der Waals surface area contributed by atoms with E-state index in [1.165, 1.54) is 17.7 Å². The molecule has 1 aromatic heterocycles. The van der Waals surface area contributed by atoms with Crippen molar-refractivity contribution >= 4 is 18.3 Å². The van der Waals surface area contributed by atoms with E-state index in [9.17, 15) is 9.18 Å². The first-order valence-electron chi connectivity index (χ1n) is 9.77. The van der Waals surface area contributed by atoms with Crippen LogP contribution in [-0.2, 0) is 11.2 Å². The van der Waals surface area contributed by atoms with Gasteiger partial charge in [0, 0.05) is 19.6 Å². The number of aromatic nitrogens is 3. The molecule has 1 amide bonds. The van der Waals surface area contributed by atoms with E-state index in [1.54, 1.807) is 10.7 Å². The predicted octanol–water partition coefficient (Wildman–Crippen LogP) is 3.16. The second-order valence-electron chi connectivity index (χ2n) is 7.41. The topological polar surface area (TPSA) is 63.1 Å². The van der Waals surface area contributed by atoms with Gasteiger partial charge in [-0.25, -0.2) is 9.07 Å². The molecule has 2 aromatic carbocycles. The van der Waals surface area contributed by atoms with Crippen molar-refractivity contribution in [3.63, 3.8) is 0 Å². The number of nitrogens with one attached hydrogen (secondary N) is 1. The van der Waals surface area contributed by atoms with Crippen molar-refractivity contribution in [2.75, 3.05) is 19.6 Å². The number of amides is 1. The largest absolute Gasteiger partial charge is 0.333 e. The molecular formula is C22H25ClFN5O. The molecule has 1 fully saturated rings. The van der Waals surface area contributed by atoms with Crippen molar-refractivity contribution in [2.45, 2.75) is 26.3 Å². The van der Waals surface area contributed by atoms with Gasteiger partial charge in [-0.3, -0.25) is 4.79 Å². The fraction of sp³-hybridized carbons (Fsp3) is 0.318. The van der Waals surface area contributed by atoms with Gasteiger partial charge in [0.15, 0.2) is 0 Å². The predicted molar refractivity (Wildman–Crippen MR) is 116 cm³/mol. The average Bonchev–Trinajstić information content (AvgIpc) is 3.09. The van der Waals surface area contributed by atoms with Gasteiger partial charge in [-0.05, 0) is 43.7 Å². The minimum atomic E-state index is -0.294. The number of carbonyl (C=O) groups excluding carboxylic acids is 1. The van der Waals surface area contributed by atoms with Gasteiger partial charge in [-0.1, -0.05) is 35.0 Å². The lowest BCUT2D eigenvalue weighted by Crippen LogP contribution is -2.49. The Morgan fingerprint density at radius 3 is 2.70 bits per heavy atom. The zero-order valence-electron chi connectivity index (χ0n) is 17.0. The number of aryl methyl sites for hydroxylation is 1. The highest BCUT2D eigenvalue weighted by molar-refractivity contribution is 5.85. The van der Waals surface area contributed by atoms with Gasteiger partial charge in [-0.15, -0.1) is 17.5 Å². The minimum absolute atomic E-state index is 0. The summed E-state index contributed by atoms with van der Waals surface area (Å²) in [5.74, 6) is -0.322. The molecule has 2 heterocycles. The molecule has 1 saturated heterocycles. The van der Waals surface area contributed by atoms with Crippen LogP contribution in [0.5, 0.6) is 0 Å². The molecule has 0 aliphatic carbocycles. The van der Waals surface area contributed by atoms with E-state index in [0.29, 0.717) is 25.3 Å². The third-order valence-electron chi connectivity index (χ3n) is 5.38. The minimum Gasteiger partial charge on any atom is -0.333 e. The zero-order chi connectivity index (χ0) is 20.4. The monoisotopic (exact) mass is 429 g/mol. The molecule has 8 heteroatoms. The third-order valence-corrected chi connectivity index (χ3v) is 5.38. The van der Waals surface area contributed by atoms with Crippen LogP contribution in [0.15, 0.2) is 48.5 Å². The van der Waals surface area contributed by atoms with Gasteiger partial charge in [-0.2, -0.15) is 0 Å². The maximum absolute atomic E-state index is 13.7. The number of nitrogens with zero attached hydrogens (tertiary/aromatic N) is 4. The van der Waals surface area contributed by atoms with Gasteiger partial charge in [0.25, 0.3) is 0 Å². The molecule has 1 atom stereocenters. The van der Waals surface area contributed by atoms with Gasteiger partial charge in [0.2, 0.25) is 5.91 Å². The Bertz CT molecular complexity index is 1020. The standard InChI is InChI=1S/C22H24FN5O.ClH/c1-15-6-8-19(9-7-15)28-16(2)20(25-26-28)13-22(29)27-11-10-24-14-21(27)17-4-3-5-18(23)12-17;/h3-9,12,21,24H,10-11,13-14H2,1-2H3;1H. The first-order chi connectivity index (χ1) is 14.0. The molecule has 1 N–H and O–H groups in total. The molecule has 0 saturated carbocycles. The Balaban J connectivity index is 0.00000256. The summed E-state index contributed by atoms with van der Waals surface area (Å²) >= 11 is 0. The van der Waals surface area contributed by atoms with Crippen LogP contribution in [0.4, 0.5) is 4.39 Å². The maximum atomic E-state index is 13.7. The smallest absolute Gasteiger partial charge is 0.229 e. The van der Waals surface area contributed by atoms with Gasteiger partial charge in [0.1, 0.15) is 5.82 Å². The van der Waals surface area contributed by atoms with Gasteiger partial charge >= 0.3 is 0 Å². The molecular weight excluding hydrogens is 405 g/mol. The van der Waals surface area contributed by atoms with Crippen molar-refractivity contribution in [3.8, 4) is 5.69 Å². The fourth-order valence-electron chi connectivity index (χ4n) is 3.71. The van der Waals surface area contributed by atoms with Crippen LogP contribution in [0.1, 0.15) is 28.6 Å². The summed E-state index contributed by atoms with van der Waals surface area (Å²) in [6.07, 6.45) is 0.170. The lowest BCUT2D eigenvalue weighted by atomic mass is 10.0. The third kappa shape index (κ3) is 4.52. The highest BCUT2D eigenvalue weighted by atomic mass is 35.5. The average molecular weight is 430 g/mol. The summed E-state index contributed by atoms with van der Waals surface area (Å²) in [6.45, 7) is 5.84. The summed E-state index contributed by atoms with van der Waals surface area (Å²) in [6, 6.07) is 14.3. The van der Waals surface area contributed by atoms with E-state index < -0.39 is 0 Å². The number of benzene rings is 2. The van der Waals surface area contributed by atoms with Crippen LogP contribution in [-0.4, -0.2) is 45.4 Å². The second kappa shape index (κ2) is 9.36. The number of hydrogen-bond acceptors (Lipinski definition) is 4. The number of hydrogen-bond donors (Lipinski definition) is 1. The molecule has 0 bridgehead atoms. The Hall–Kier alpha value is -2.77. The summed E-state index contributed by atoms with van der Waals surface area (Å²) in [4.78, 5) is 14.9. The van der Waals surface area contributed by atoms with E-state index >= 15 is 0 Å². The molecule has 3 aromatic rings. The lowest BCUT2D eigenvalue weighted by Gasteiger charge is -2.36. The van der Waals surface area contributed by atoms with Crippen LogP contribution in [0.2, 0.25) is 0 Å². The van der Waals surface area contributed by atoms with E-state index in [-0.39, 0.29) is 36.6 Å².